The van der Waals surface area contributed by atoms with Crippen molar-refractivity contribution in [3.05, 3.63) is 22.4 Å². The van der Waals surface area contributed by atoms with Gasteiger partial charge in [0.15, 0.2) is 0 Å². The van der Waals surface area contributed by atoms with E-state index in [9.17, 15) is 0 Å². The van der Waals surface area contributed by atoms with Crippen molar-refractivity contribution in [3.63, 3.8) is 0 Å². The van der Waals surface area contributed by atoms with Gasteiger partial charge in [-0.05, 0) is 11.4 Å². The van der Waals surface area contributed by atoms with Crippen LogP contribution in [0.25, 0.3) is 0 Å². The van der Waals surface area contributed by atoms with E-state index in [1.807, 2.05) is 13.8 Å². The van der Waals surface area contributed by atoms with Crippen LogP contribution < -0.4 is 5.32 Å². The predicted molar refractivity (Wildman–Crippen MR) is 57.2 cm³/mol. The summed E-state index contributed by atoms with van der Waals surface area (Å²) in [5, 5.41) is 5.40. The first kappa shape index (κ1) is 10.7. The molecule has 1 aromatic rings. The fourth-order valence-electron chi connectivity index (χ4n) is 1.22. The van der Waals surface area contributed by atoms with Gasteiger partial charge in [-0.15, -0.1) is 11.3 Å². The fourth-order valence-corrected chi connectivity index (χ4v) is 2.00. The van der Waals surface area contributed by atoms with E-state index in [0.717, 1.165) is 19.7 Å². The predicted octanol–water partition coefficient (Wildman–Crippen LogP) is 2.44. The zero-order chi connectivity index (χ0) is 9.52. The van der Waals surface area contributed by atoms with Gasteiger partial charge in [0.2, 0.25) is 0 Å². The quantitative estimate of drug-likeness (QED) is 0.750. The molecule has 1 aliphatic rings. The van der Waals surface area contributed by atoms with E-state index in [1.165, 1.54) is 4.88 Å². The number of thiophene rings is 1. The molecule has 0 bridgehead atoms. The van der Waals surface area contributed by atoms with Gasteiger partial charge in [0, 0.05) is 18.0 Å². The summed E-state index contributed by atoms with van der Waals surface area (Å²) in [6.07, 6.45) is 0.295. The van der Waals surface area contributed by atoms with Crippen molar-refractivity contribution in [1.29, 1.82) is 0 Å². The monoisotopic (exact) mass is 199 g/mol. The zero-order valence-corrected chi connectivity index (χ0v) is 9.06. The van der Waals surface area contributed by atoms with Gasteiger partial charge < -0.3 is 10.1 Å². The summed E-state index contributed by atoms with van der Waals surface area (Å²) in [6, 6.07) is 4.19. The highest BCUT2D eigenvalue weighted by atomic mass is 32.1. The molecule has 1 saturated heterocycles. The molecule has 0 aliphatic carbocycles. The van der Waals surface area contributed by atoms with Crippen molar-refractivity contribution >= 4 is 11.3 Å². The molecule has 74 valence electrons. The topological polar surface area (TPSA) is 21.3 Å². The minimum Gasteiger partial charge on any atom is -0.370 e. The fraction of sp³-hybridized carbons (Fsp3) is 0.600. The van der Waals surface area contributed by atoms with E-state index in [4.69, 9.17) is 4.74 Å². The summed E-state index contributed by atoms with van der Waals surface area (Å²) in [6.45, 7) is 6.78. The highest BCUT2D eigenvalue weighted by molar-refractivity contribution is 7.10. The van der Waals surface area contributed by atoms with E-state index in [0.29, 0.717) is 6.10 Å². The second-order valence-corrected chi connectivity index (χ2v) is 3.56. The summed E-state index contributed by atoms with van der Waals surface area (Å²) in [4.78, 5) is 1.33. The maximum Gasteiger partial charge on any atom is 0.104 e. The maximum atomic E-state index is 5.57. The SMILES string of the molecule is CC.c1csc(C2CNCCO2)c1. The van der Waals surface area contributed by atoms with Gasteiger partial charge in [-0.1, -0.05) is 19.9 Å². The van der Waals surface area contributed by atoms with Crippen LogP contribution in [0.15, 0.2) is 17.5 Å². The Balaban J connectivity index is 0.000000396. The summed E-state index contributed by atoms with van der Waals surface area (Å²) < 4.78 is 5.57. The largest absolute Gasteiger partial charge is 0.370 e. The van der Waals surface area contributed by atoms with Crippen molar-refractivity contribution in [2.75, 3.05) is 19.7 Å². The number of hydrogen-bond acceptors (Lipinski definition) is 3. The van der Waals surface area contributed by atoms with E-state index < -0.39 is 0 Å². The van der Waals surface area contributed by atoms with Gasteiger partial charge in [-0.3, -0.25) is 0 Å². The molecule has 2 rings (SSSR count). The van der Waals surface area contributed by atoms with Gasteiger partial charge in [-0.25, -0.2) is 0 Å². The zero-order valence-electron chi connectivity index (χ0n) is 8.25. The highest BCUT2D eigenvalue weighted by Gasteiger charge is 2.15. The van der Waals surface area contributed by atoms with Gasteiger partial charge in [0.1, 0.15) is 6.10 Å². The van der Waals surface area contributed by atoms with Crippen LogP contribution in [0.2, 0.25) is 0 Å². The molecule has 1 atom stereocenters. The summed E-state index contributed by atoms with van der Waals surface area (Å²) in [5.41, 5.74) is 0. The van der Waals surface area contributed by atoms with E-state index in [-0.39, 0.29) is 0 Å². The molecule has 13 heavy (non-hydrogen) atoms. The van der Waals surface area contributed by atoms with Crippen LogP contribution in [0, 0.1) is 0 Å². The van der Waals surface area contributed by atoms with Gasteiger partial charge in [0.25, 0.3) is 0 Å². The van der Waals surface area contributed by atoms with Crippen LogP contribution in [0.1, 0.15) is 24.8 Å². The molecule has 0 amide bonds. The minimum atomic E-state index is 0.295. The Kier molecular flexibility index (Phi) is 5.05. The smallest absolute Gasteiger partial charge is 0.104 e. The standard InChI is InChI=1S/C8H11NOS.C2H6/c1-2-8(11-5-1)7-6-9-3-4-10-7;1-2/h1-2,5,7,9H,3-4,6H2;1-2H3. The average Bonchev–Trinajstić information content (AvgIpc) is 2.75. The van der Waals surface area contributed by atoms with Crippen LogP contribution in [-0.2, 0) is 4.74 Å². The summed E-state index contributed by atoms with van der Waals surface area (Å²) >= 11 is 1.76. The number of morpholine rings is 1. The van der Waals surface area contributed by atoms with E-state index >= 15 is 0 Å². The molecule has 1 N–H and O–H groups in total. The molecule has 2 nitrogen and oxygen atoms in total. The van der Waals surface area contributed by atoms with Crippen LogP contribution in [-0.4, -0.2) is 19.7 Å². The molecule has 1 unspecified atom stereocenters. The van der Waals surface area contributed by atoms with Crippen LogP contribution in [0.5, 0.6) is 0 Å². The lowest BCUT2D eigenvalue weighted by Crippen LogP contribution is -2.32. The first-order valence-electron chi connectivity index (χ1n) is 4.82. The second-order valence-electron chi connectivity index (χ2n) is 2.58. The third kappa shape index (κ3) is 3.10. The lowest BCUT2D eigenvalue weighted by molar-refractivity contribution is 0.0299. The molecule has 0 aromatic carbocycles. The van der Waals surface area contributed by atoms with Crippen molar-refractivity contribution < 1.29 is 4.74 Å². The molecule has 0 saturated carbocycles. The highest BCUT2D eigenvalue weighted by Crippen LogP contribution is 2.22. The van der Waals surface area contributed by atoms with Crippen molar-refractivity contribution in [1.82, 2.24) is 5.32 Å². The molecule has 3 heteroatoms. The Labute approximate surface area is 83.9 Å². The molecule has 0 spiro atoms. The molecule has 0 radical (unpaired) electrons. The molecule has 1 fully saturated rings. The third-order valence-corrected chi connectivity index (χ3v) is 2.75. The first-order chi connectivity index (χ1) is 6.47. The molecule has 1 aliphatic heterocycles. The lowest BCUT2D eigenvalue weighted by Gasteiger charge is -2.22. The Hall–Kier alpha value is -0.380. The molecular weight excluding hydrogens is 182 g/mol. The van der Waals surface area contributed by atoms with Gasteiger partial charge >= 0.3 is 0 Å². The Morgan fingerprint density at radius 2 is 2.38 bits per heavy atom. The number of hydrogen-bond donors (Lipinski definition) is 1. The van der Waals surface area contributed by atoms with E-state index in [2.05, 4.69) is 22.8 Å². The molecular formula is C10H17NOS. The maximum absolute atomic E-state index is 5.57. The number of nitrogens with one attached hydrogen (secondary N) is 1. The Morgan fingerprint density at radius 3 is 2.92 bits per heavy atom. The number of rotatable bonds is 1. The number of ether oxygens (including phenoxy) is 1. The first-order valence-corrected chi connectivity index (χ1v) is 5.70. The minimum absolute atomic E-state index is 0.295. The lowest BCUT2D eigenvalue weighted by atomic mass is 10.2. The van der Waals surface area contributed by atoms with Gasteiger partial charge in [-0.2, -0.15) is 0 Å². The average molecular weight is 199 g/mol. The summed E-state index contributed by atoms with van der Waals surface area (Å²) in [5.74, 6) is 0. The van der Waals surface area contributed by atoms with Crippen molar-refractivity contribution in [2.45, 2.75) is 20.0 Å². The van der Waals surface area contributed by atoms with E-state index in [1.54, 1.807) is 11.3 Å². The normalized spacial score (nSPS) is 21.8. The van der Waals surface area contributed by atoms with Crippen LogP contribution >= 0.6 is 11.3 Å². The third-order valence-electron chi connectivity index (χ3n) is 1.79. The Morgan fingerprint density at radius 1 is 1.54 bits per heavy atom. The molecule has 1 aromatic heterocycles. The molecule has 2 heterocycles. The van der Waals surface area contributed by atoms with Crippen molar-refractivity contribution in [2.24, 2.45) is 0 Å². The van der Waals surface area contributed by atoms with Crippen LogP contribution in [0.3, 0.4) is 0 Å². The Bertz CT molecular complexity index is 205. The van der Waals surface area contributed by atoms with Crippen LogP contribution in [0.4, 0.5) is 0 Å². The second kappa shape index (κ2) is 6.13. The summed E-state index contributed by atoms with van der Waals surface area (Å²) in [7, 11) is 0. The van der Waals surface area contributed by atoms with Crippen molar-refractivity contribution in [3.8, 4) is 0 Å². The van der Waals surface area contributed by atoms with Gasteiger partial charge in [0.05, 0.1) is 6.61 Å².